The predicted molar refractivity (Wildman–Crippen MR) is 81.7 cm³/mol. The summed E-state index contributed by atoms with van der Waals surface area (Å²) >= 11 is 1.75. The molecule has 2 heterocycles. The molecule has 0 aromatic carbocycles. The molecule has 1 N–H and O–H groups in total. The number of likely N-dealkylation sites (N-methyl/N-ethyl adjacent to an activating group) is 1. The quantitative estimate of drug-likeness (QED) is 0.844. The van der Waals surface area contributed by atoms with Gasteiger partial charge < -0.3 is 9.84 Å². The van der Waals surface area contributed by atoms with Gasteiger partial charge in [-0.1, -0.05) is 0 Å². The molecule has 1 aliphatic heterocycles. The Labute approximate surface area is 129 Å². The Kier molecular flexibility index (Phi) is 5.69. The SMILES string of the molecule is Cc1nc(C)c(CN2CCOC(CN(C)CC(=O)O)C2)s1. The summed E-state index contributed by atoms with van der Waals surface area (Å²) in [6, 6.07) is 0. The van der Waals surface area contributed by atoms with Crippen LogP contribution in [-0.2, 0) is 16.1 Å². The van der Waals surface area contributed by atoms with E-state index in [1.807, 2.05) is 14.0 Å². The Morgan fingerprint density at radius 3 is 2.95 bits per heavy atom. The van der Waals surface area contributed by atoms with Gasteiger partial charge in [0.15, 0.2) is 0 Å². The van der Waals surface area contributed by atoms with E-state index in [0.29, 0.717) is 13.2 Å². The lowest BCUT2D eigenvalue weighted by atomic mass is 10.2. The number of morpholine rings is 1. The monoisotopic (exact) mass is 313 g/mol. The summed E-state index contributed by atoms with van der Waals surface area (Å²) in [5.74, 6) is -0.805. The van der Waals surface area contributed by atoms with Crippen molar-refractivity contribution in [1.29, 1.82) is 0 Å². The molecule has 1 aliphatic rings. The Morgan fingerprint density at radius 2 is 2.33 bits per heavy atom. The molecule has 0 saturated carbocycles. The minimum Gasteiger partial charge on any atom is -0.480 e. The van der Waals surface area contributed by atoms with Crippen LogP contribution < -0.4 is 0 Å². The Hall–Kier alpha value is -1.02. The van der Waals surface area contributed by atoms with Crippen LogP contribution in [0, 0.1) is 13.8 Å². The molecule has 21 heavy (non-hydrogen) atoms. The average Bonchev–Trinajstić information content (AvgIpc) is 2.67. The zero-order valence-electron chi connectivity index (χ0n) is 12.8. The van der Waals surface area contributed by atoms with Gasteiger partial charge in [-0.3, -0.25) is 14.6 Å². The molecule has 1 atom stereocenters. The fourth-order valence-electron chi connectivity index (χ4n) is 2.60. The van der Waals surface area contributed by atoms with Crippen molar-refractivity contribution in [3.63, 3.8) is 0 Å². The van der Waals surface area contributed by atoms with Crippen molar-refractivity contribution in [3.05, 3.63) is 15.6 Å². The molecular weight excluding hydrogens is 290 g/mol. The molecule has 0 radical (unpaired) electrons. The second-order valence-corrected chi connectivity index (χ2v) is 6.85. The largest absolute Gasteiger partial charge is 0.480 e. The van der Waals surface area contributed by atoms with E-state index in [-0.39, 0.29) is 12.6 Å². The first-order valence-electron chi connectivity index (χ1n) is 7.11. The van der Waals surface area contributed by atoms with Gasteiger partial charge in [0, 0.05) is 31.1 Å². The number of thiazole rings is 1. The van der Waals surface area contributed by atoms with Gasteiger partial charge in [0.1, 0.15) is 0 Å². The number of carboxylic acid groups (broad SMARTS) is 1. The molecule has 6 nitrogen and oxygen atoms in total. The van der Waals surface area contributed by atoms with Gasteiger partial charge in [-0.15, -0.1) is 11.3 Å². The first-order chi connectivity index (χ1) is 9.94. The first-order valence-corrected chi connectivity index (χ1v) is 7.93. The first kappa shape index (κ1) is 16.4. The molecule has 0 aliphatic carbocycles. The number of hydrogen-bond acceptors (Lipinski definition) is 6. The highest BCUT2D eigenvalue weighted by Crippen LogP contribution is 2.20. The van der Waals surface area contributed by atoms with Crippen molar-refractivity contribution in [1.82, 2.24) is 14.8 Å². The molecule has 1 fully saturated rings. The van der Waals surface area contributed by atoms with Crippen molar-refractivity contribution >= 4 is 17.3 Å². The van der Waals surface area contributed by atoms with Crippen LogP contribution >= 0.6 is 11.3 Å². The Bertz CT molecular complexity index is 492. The molecule has 0 bridgehead atoms. The molecule has 118 valence electrons. The molecular formula is C14H23N3O3S. The predicted octanol–water partition coefficient (Wildman–Crippen LogP) is 0.977. The van der Waals surface area contributed by atoms with E-state index in [2.05, 4.69) is 16.8 Å². The lowest BCUT2D eigenvalue weighted by molar-refractivity contribution is -0.138. The Balaban J connectivity index is 1.86. The smallest absolute Gasteiger partial charge is 0.317 e. The van der Waals surface area contributed by atoms with Crippen LogP contribution in [0.5, 0.6) is 0 Å². The van der Waals surface area contributed by atoms with E-state index < -0.39 is 5.97 Å². The highest BCUT2D eigenvalue weighted by Gasteiger charge is 2.23. The van der Waals surface area contributed by atoms with Crippen LogP contribution in [0.1, 0.15) is 15.6 Å². The average molecular weight is 313 g/mol. The van der Waals surface area contributed by atoms with Crippen molar-refractivity contribution in [2.75, 3.05) is 39.8 Å². The maximum absolute atomic E-state index is 10.7. The van der Waals surface area contributed by atoms with E-state index >= 15 is 0 Å². The molecule has 2 rings (SSSR count). The van der Waals surface area contributed by atoms with E-state index in [4.69, 9.17) is 9.84 Å². The zero-order valence-corrected chi connectivity index (χ0v) is 13.7. The highest BCUT2D eigenvalue weighted by molar-refractivity contribution is 7.11. The van der Waals surface area contributed by atoms with Crippen LogP contribution in [0.4, 0.5) is 0 Å². The fraction of sp³-hybridized carbons (Fsp3) is 0.714. The molecule has 7 heteroatoms. The molecule has 1 unspecified atom stereocenters. The lowest BCUT2D eigenvalue weighted by Gasteiger charge is -2.34. The van der Waals surface area contributed by atoms with Gasteiger partial charge in [-0.05, 0) is 20.9 Å². The summed E-state index contributed by atoms with van der Waals surface area (Å²) in [6.07, 6.45) is 0.0671. The summed E-state index contributed by atoms with van der Waals surface area (Å²) < 4.78 is 5.75. The van der Waals surface area contributed by atoms with Crippen molar-refractivity contribution in [2.45, 2.75) is 26.5 Å². The highest BCUT2D eigenvalue weighted by atomic mass is 32.1. The summed E-state index contributed by atoms with van der Waals surface area (Å²) in [4.78, 5) is 20.6. The van der Waals surface area contributed by atoms with E-state index in [9.17, 15) is 4.79 Å². The number of rotatable bonds is 6. The molecule has 1 aromatic rings. The molecule has 0 spiro atoms. The van der Waals surface area contributed by atoms with Crippen molar-refractivity contribution in [3.8, 4) is 0 Å². The minimum atomic E-state index is -0.805. The second-order valence-electron chi connectivity index (χ2n) is 5.56. The van der Waals surface area contributed by atoms with Crippen LogP contribution in [0.3, 0.4) is 0 Å². The second kappa shape index (κ2) is 7.31. The van der Waals surface area contributed by atoms with E-state index in [1.54, 1.807) is 16.2 Å². The summed E-state index contributed by atoms with van der Waals surface area (Å²) in [7, 11) is 1.81. The summed E-state index contributed by atoms with van der Waals surface area (Å²) in [6.45, 7) is 8.12. The number of ether oxygens (including phenoxy) is 1. The maximum atomic E-state index is 10.7. The number of aliphatic carboxylic acids is 1. The van der Waals surface area contributed by atoms with Gasteiger partial charge in [-0.2, -0.15) is 0 Å². The number of aryl methyl sites for hydroxylation is 2. The van der Waals surface area contributed by atoms with Crippen LogP contribution in [0.2, 0.25) is 0 Å². The van der Waals surface area contributed by atoms with E-state index in [1.165, 1.54) is 4.88 Å². The fourth-order valence-corrected chi connectivity index (χ4v) is 3.58. The van der Waals surface area contributed by atoms with Crippen LogP contribution in [-0.4, -0.2) is 71.8 Å². The standard InChI is InChI=1S/C14H23N3O3S/c1-10-13(21-11(2)15-10)8-17-4-5-20-12(7-17)6-16(3)9-14(18)19/h12H,4-9H2,1-3H3,(H,18,19). The number of hydrogen-bond donors (Lipinski definition) is 1. The van der Waals surface area contributed by atoms with Crippen molar-refractivity contribution < 1.29 is 14.6 Å². The zero-order chi connectivity index (χ0) is 15.4. The third-order valence-electron chi connectivity index (χ3n) is 3.51. The van der Waals surface area contributed by atoms with Crippen molar-refractivity contribution in [2.24, 2.45) is 0 Å². The minimum absolute atomic E-state index is 0.0486. The summed E-state index contributed by atoms with van der Waals surface area (Å²) in [5, 5.41) is 9.90. The number of aromatic nitrogens is 1. The van der Waals surface area contributed by atoms with Gasteiger partial charge >= 0.3 is 5.97 Å². The third kappa shape index (κ3) is 5.03. The van der Waals surface area contributed by atoms with Crippen LogP contribution in [0.25, 0.3) is 0 Å². The number of carboxylic acids is 1. The molecule has 0 amide bonds. The van der Waals surface area contributed by atoms with Crippen LogP contribution in [0.15, 0.2) is 0 Å². The summed E-state index contributed by atoms with van der Waals surface area (Å²) in [5.41, 5.74) is 1.11. The maximum Gasteiger partial charge on any atom is 0.317 e. The lowest BCUT2D eigenvalue weighted by Crippen LogP contribution is -2.47. The number of nitrogens with zero attached hydrogens (tertiary/aromatic N) is 3. The van der Waals surface area contributed by atoms with Gasteiger partial charge in [0.25, 0.3) is 0 Å². The van der Waals surface area contributed by atoms with Gasteiger partial charge in [0.2, 0.25) is 0 Å². The van der Waals surface area contributed by atoms with E-state index in [0.717, 1.165) is 30.3 Å². The normalized spacial score (nSPS) is 20.1. The number of carbonyl (C=O) groups is 1. The molecule has 1 aromatic heterocycles. The molecule has 1 saturated heterocycles. The third-order valence-corrected chi connectivity index (χ3v) is 4.57. The van der Waals surface area contributed by atoms with Gasteiger partial charge in [0.05, 0.1) is 30.0 Å². The topological polar surface area (TPSA) is 65.9 Å². The van der Waals surface area contributed by atoms with Gasteiger partial charge in [-0.25, -0.2) is 4.98 Å². The Morgan fingerprint density at radius 1 is 1.57 bits per heavy atom.